The molecule has 10 nitrogen and oxygen atoms in total. The zero-order valence-corrected chi connectivity index (χ0v) is 28.3. The summed E-state index contributed by atoms with van der Waals surface area (Å²) in [6.45, 7) is 4.21. The van der Waals surface area contributed by atoms with E-state index >= 15 is 0 Å². The number of unbranched alkanes of at least 4 members (excludes halogenated alkanes) is 14. The molecule has 0 fully saturated rings. The van der Waals surface area contributed by atoms with Gasteiger partial charge in [-0.25, -0.2) is 0 Å². The molecule has 0 aromatic heterocycles. The molecule has 42 heavy (non-hydrogen) atoms. The Morgan fingerprint density at radius 1 is 0.786 bits per heavy atom. The average Bonchev–Trinajstić information content (AvgIpc) is 2.91. The SMILES string of the molecule is CCCCCCCCCCCCCCCC[CH2][Co](=[O])[CH2]C(COP(=O)(O)OCCNC(=O)CCCC(C)=O)OC(C)=O. The Morgan fingerprint density at radius 3 is 1.81 bits per heavy atom. The van der Waals surface area contributed by atoms with Crippen LogP contribution in [-0.2, 0) is 50.2 Å². The number of rotatable bonds is 30. The van der Waals surface area contributed by atoms with Crippen LogP contribution in [0.3, 0.4) is 0 Å². The number of amides is 1. The third-order valence-corrected chi connectivity index (χ3v) is 9.46. The zero-order valence-electron chi connectivity index (χ0n) is 26.3. The fraction of sp³-hybridized carbons (Fsp3) is 0.900. The molecular formula is C30H58CoNO9P. The van der Waals surface area contributed by atoms with Crippen LogP contribution in [0.5, 0.6) is 0 Å². The Hall–Kier alpha value is -0.974. The molecule has 0 aromatic rings. The van der Waals surface area contributed by atoms with Crippen molar-refractivity contribution in [1.82, 2.24) is 5.32 Å². The van der Waals surface area contributed by atoms with Crippen molar-refractivity contribution in [2.75, 3.05) is 19.8 Å². The minimum atomic E-state index is -4.46. The molecule has 0 saturated heterocycles. The summed E-state index contributed by atoms with van der Waals surface area (Å²) in [7, 11) is -4.46. The van der Waals surface area contributed by atoms with E-state index in [1.165, 1.54) is 90.9 Å². The quantitative estimate of drug-likeness (QED) is 0.0450. The van der Waals surface area contributed by atoms with E-state index in [1.54, 1.807) is 0 Å². The number of nitrogens with one attached hydrogen (secondary N) is 1. The summed E-state index contributed by atoms with van der Waals surface area (Å²) in [5.74, 6) is -0.882. The molecule has 0 aliphatic carbocycles. The van der Waals surface area contributed by atoms with Gasteiger partial charge in [0, 0.05) is 6.42 Å². The van der Waals surface area contributed by atoms with E-state index in [-0.39, 0.29) is 36.6 Å². The van der Waals surface area contributed by atoms with Crippen molar-refractivity contribution in [3.05, 3.63) is 0 Å². The number of phosphoric ester groups is 1. The molecular weight excluding hydrogens is 608 g/mol. The number of ether oxygens (including phenoxy) is 1. The summed E-state index contributed by atoms with van der Waals surface area (Å²) in [5, 5.41) is 3.07. The van der Waals surface area contributed by atoms with E-state index in [9.17, 15) is 27.7 Å². The van der Waals surface area contributed by atoms with Crippen LogP contribution in [0.1, 0.15) is 136 Å². The second kappa shape index (κ2) is 27.6. The molecule has 0 radical (unpaired) electrons. The number of esters is 1. The molecule has 0 spiro atoms. The maximum absolute atomic E-state index is 12.6. The molecule has 0 aromatic carbocycles. The second-order valence-corrected chi connectivity index (χ2v) is 14.4. The van der Waals surface area contributed by atoms with Gasteiger partial charge in [0.05, 0.1) is 0 Å². The minimum absolute atomic E-state index is 0.00563. The first-order valence-electron chi connectivity index (χ1n) is 15.8. The van der Waals surface area contributed by atoms with Crippen LogP contribution in [0.15, 0.2) is 0 Å². The van der Waals surface area contributed by atoms with Crippen molar-refractivity contribution in [3.63, 3.8) is 0 Å². The van der Waals surface area contributed by atoms with Gasteiger partial charge >= 0.3 is 202 Å². The summed E-state index contributed by atoms with van der Waals surface area (Å²) < 4.78 is 39.7. The van der Waals surface area contributed by atoms with Crippen molar-refractivity contribution < 1.29 is 55.1 Å². The molecule has 2 N–H and O–H groups in total. The van der Waals surface area contributed by atoms with Gasteiger partial charge in [-0.15, -0.1) is 0 Å². The van der Waals surface area contributed by atoms with E-state index in [0.29, 0.717) is 18.2 Å². The fourth-order valence-electron chi connectivity index (χ4n) is 4.31. The van der Waals surface area contributed by atoms with E-state index in [4.69, 9.17) is 13.8 Å². The maximum atomic E-state index is 12.6. The molecule has 1 amide bonds. The van der Waals surface area contributed by atoms with Gasteiger partial charge in [0.2, 0.25) is 0 Å². The number of carbonyl (C=O) groups excluding carboxylic acids is 3. The van der Waals surface area contributed by atoms with Crippen LogP contribution < -0.4 is 5.32 Å². The summed E-state index contributed by atoms with van der Waals surface area (Å²) >= 11 is -1.63. The molecule has 0 aliphatic heterocycles. The van der Waals surface area contributed by atoms with Crippen molar-refractivity contribution in [2.24, 2.45) is 0 Å². The summed E-state index contributed by atoms with van der Waals surface area (Å²) in [6.07, 6.45) is 18.8. The first kappa shape index (κ1) is 41.0. The molecule has 0 aliphatic rings. The van der Waals surface area contributed by atoms with Gasteiger partial charge in [0.25, 0.3) is 0 Å². The Kier molecular flexibility index (Phi) is 26.9. The molecule has 2 atom stereocenters. The van der Waals surface area contributed by atoms with Crippen LogP contribution in [0.25, 0.3) is 0 Å². The van der Waals surface area contributed by atoms with Gasteiger partial charge in [-0.3, -0.25) is 0 Å². The summed E-state index contributed by atoms with van der Waals surface area (Å²) in [6, 6.07) is 0. The topological polar surface area (TPSA) is 145 Å². The number of hydrogen-bond acceptors (Lipinski definition) is 8. The van der Waals surface area contributed by atoms with E-state index in [0.717, 1.165) is 19.3 Å². The Balaban J connectivity index is 3.99. The van der Waals surface area contributed by atoms with Crippen molar-refractivity contribution in [1.29, 1.82) is 0 Å². The van der Waals surface area contributed by atoms with Gasteiger partial charge in [-0.2, -0.15) is 0 Å². The van der Waals surface area contributed by atoms with E-state index in [2.05, 4.69) is 12.2 Å². The number of hydrogen-bond donors (Lipinski definition) is 2. The first-order chi connectivity index (χ1) is 20.1. The molecule has 251 valence electrons. The zero-order chi connectivity index (χ0) is 31.5. The van der Waals surface area contributed by atoms with Gasteiger partial charge in [-0.05, 0) is 6.92 Å². The van der Waals surface area contributed by atoms with Crippen LogP contribution >= 0.6 is 7.82 Å². The van der Waals surface area contributed by atoms with E-state index in [1.807, 2.05) is 0 Å². The third-order valence-electron chi connectivity index (χ3n) is 6.58. The molecule has 0 rings (SSSR count). The second-order valence-electron chi connectivity index (χ2n) is 10.8. The molecule has 12 heteroatoms. The van der Waals surface area contributed by atoms with Crippen LogP contribution in [-0.4, -0.2) is 48.4 Å². The third kappa shape index (κ3) is 29.1. The van der Waals surface area contributed by atoms with Crippen LogP contribution in [0.2, 0.25) is 10.7 Å². The predicted molar refractivity (Wildman–Crippen MR) is 160 cm³/mol. The van der Waals surface area contributed by atoms with E-state index < -0.39 is 40.1 Å². The normalized spacial score (nSPS) is 13.8. The fourth-order valence-corrected chi connectivity index (χ4v) is 6.68. The molecule has 0 bridgehead atoms. The monoisotopic (exact) mass is 666 g/mol. The van der Waals surface area contributed by atoms with Crippen LogP contribution in [0.4, 0.5) is 0 Å². The number of phosphoric acid groups is 1. The Labute approximate surface area is 258 Å². The Bertz CT molecular complexity index is 797. The summed E-state index contributed by atoms with van der Waals surface area (Å²) in [5.41, 5.74) is 0. The number of Topliss-reactive ketones (excluding diaryl/α,β-unsaturated/α-hetero) is 1. The first-order valence-corrected chi connectivity index (χ1v) is 19.2. The van der Waals surface area contributed by atoms with Gasteiger partial charge in [0.15, 0.2) is 0 Å². The predicted octanol–water partition coefficient (Wildman–Crippen LogP) is 7.60. The number of carbonyl (C=O) groups is 3. The molecule has 0 heterocycles. The van der Waals surface area contributed by atoms with Gasteiger partial charge in [-0.1, -0.05) is 32.6 Å². The van der Waals surface area contributed by atoms with Crippen LogP contribution in [0, 0.1) is 0 Å². The van der Waals surface area contributed by atoms with Crippen molar-refractivity contribution in [3.8, 4) is 0 Å². The van der Waals surface area contributed by atoms with Gasteiger partial charge in [0.1, 0.15) is 5.78 Å². The summed E-state index contributed by atoms with van der Waals surface area (Å²) in [4.78, 5) is 43.9. The number of ketones is 1. The molecule has 0 saturated carbocycles. The molecule has 2 unspecified atom stereocenters. The van der Waals surface area contributed by atoms with Gasteiger partial charge < -0.3 is 4.79 Å². The standard InChI is InChI=1S/C17H35.C13H23NO8P.Co.O/c1-3-5-7-9-11-13-15-17-16-14-12-10-8-6-4-2;1-10(15)5-4-6-13(17)14-7-8-20-23(18,19)21-9-11(2)22-12(3)16;;/h1,3-17H2,2H3;11H,2,4-9H2,1,3H3,(H,14,17)(H,18,19);;. The Morgan fingerprint density at radius 2 is 1.31 bits per heavy atom. The van der Waals surface area contributed by atoms with Crippen molar-refractivity contribution >= 4 is 25.5 Å². The average molecular weight is 667 g/mol. The van der Waals surface area contributed by atoms with Crippen molar-refractivity contribution in [2.45, 2.75) is 153 Å².